The molecule has 5 rings (SSSR count). The van der Waals surface area contributed by atoms with Crippen LogP contribution in [-0.2, 0) is 9.53 Å². The molecule has 1 N–H and O–H groups in total. The largest absolute Gasteiger partial charge is 0.490 e. The Balaban J connectivity index is 1.80. The molecule has 184 valence electrons. The summed E-state index contributed by atoms with van der Waals surface area (Å²) in [6.07, 6.45) is 0. The lowest BCUT2D eigenvalue weighted by Crippen LogP contribution is -2.29. The zero-order valence-electron chi connectivity index (χ0n) is 20.7. The molecule has 0 fully saturated rings. The van der Waals surface area contributed by atoms with Crippen molar-refractivity contribution in [3.05, 3.63) is 89.5 Å². The van der Waals surface area contributed by atoms with Crippen molar-refractivity contribution in [3.8, 4) is 11.5 Å². The van der Waals surface area contributed by atoms with Crippen LogP contribution in [0.5, 0.6) is 11.5 Å². The molecule has 4 aromatic rings. The van der Waals surface area contributed by atoms with E-state index in [-0.39, 0.29) is 12.6 Å². The normalized spacial score (nSPS) is 14.8. The molecule has 7 heteroatoms. The highest BCUT2D eigenvalue weighted by Gasteiger charge is 2.37. The third-order valence-corrected chi connectivity index (χ3v) is 6.07. The van der Waals surface area contributed by atoms with Gasteiger partial charge in [0.25, 0.3) is 0 Å². The van der Waals surface area contributed by atoms with E-state index in [1.54, 1.807) is 0 Å². The number of hydrogen-bond donors (Lipinski definition) is 1. The van der Waals surface area contributed by atoms with E-state index in [1.165, 1.54) is 0 Å². The summed E-state index contributed by atoms with van der Waals surface area (Å²) in [5.41, 5.74) is 4.66. The van der Waals surface area contributed by atoms with Crippen LogP contribution in [-0.4, -0.2) is 35.3 Å². The number of imidazole rings is 1. The minimum atomic E-state index is -0.502. The lowest BCUT2D eigenvalue weighted by Gasteiger charge is -2.31. The van der Waals surface area contributed by atoms with E-state index in [0.29, 0.717) is 41.9 Å². The highest BCUT2D eigenvalue weighted by Crippen LogP contribution is 2.44. The van der Waals surface area contributed by atoms with Crippen molar-refractivity contribution in [2.75, 3.05) is 25.1 Å². The number of rotatable bonds is 8. The number of benzene rings is 3. The van der Waals surface area contributed by atoms with Gasteiger partial charge in [0.1, 0.15) is 0 Å². The van der Waals surface area contributed by atoms with Gasteiger partial charge >= 0.3 is 5.97 Å². The number of aromatic nitrogens is 2. The van der Waals surface area contributed by atoms with Gasteiger partial charge in [0.05, 0.1) is 48.2 Å². The summed E-state index contributed by atoms with van der Waals surface area (Å²) < 4.78 is 19.4. The number of ether oxygens (including phenoxy) is 3. The molecule has 0 bridgehead atoms. The van der Waals surface area contributed by atoms with Crippen LogP contribution in [0.2, 0.25) is 0 Å². The standard InChI is InChI=1S/C29H29N3O4/c1-4-34-23-17-16-20(18-24(23)35-5-2)27-25(28(33)36-6-3)26(19-12-8-7-9-13-19)31-29-30-21-14-10-11-15-22(21)32(27)29/h7-18,27H,4-6H2,1-3H3,(H,30,31)/t27-/m1/s1. The SMILES string of the molecule is CCOC(=O)C1=C(c2ccccc2)Nc2nc3ccccc3n2[C@@H]1c1ccc(OCC)c(OCC)c1. The number of fused-ring (bicyclic) bond motifs is 3. The maximum atomic E-state index is 13.6. The molecule has 3 aromatic carbocycles. The molecular formula is C29H29N3O4. The third-order valence-electron chi connectivity index (χ3n) is 6.07. The summed E-state index contributed by atoms with van der Waals surface area (Å²) in [4.78, 5) is 18.5. The molecule has 1 aliphatic heterocycles. The van der Waals surface area contributed by atoms with E-state index < -0.39 is 6.04 Å². The number of carbonyl (C=O) groups is 1. The summed E-state index contributed by atoms with van der Waals surface area (Å²) >= 11 is 0. The molecule has 1 aromatic heterocycles. The van der Waals surface area contributed by atoms with Gasteiger partial charge < -0.3 is 19.5 Å². The number of hydrogen-bond acceptors (Lipinski definition) is 6. The average molecular weight is 484 g/mol. The van der Waals surface area contributed by atoms with Crippen molar-refractivity contribution >= 4 is 28.6 Å². The van der Waals surface area contributed by atoms with Crippen molar-refractivity contribution in [1.29, 1.82) is 0 Å². The average Bonchev–Trinajstić information content (AvgIpc) is 3.28. The minimum Gasteiger partial charge on any atom is -0.490 e. The fraction of sp³-hybridized carbons (Fsp3) is 0.241. The van der Waals surface area contributed by atoms with E-state index in [0.717, 1.165) is 22.2 Å². The number of carbonyl (C=O) groups excluding carboxylic acids is 1. The molecule has 0 radical (unpaired) electrons. The molecule has 7 nitrogen and oxygen atoms in total. The predicted molar refractivity (Wildman–Crippen MR) is 140 cm³/mol. The predicted octanol–water partition coefficient (Wildman–Crippen LogP) is 5.82. The van der Waals surface area contributed by atoms with Crippen LogP contribution in [0, 0.1) is 0 Å². The number of nitrogens with one attached hydrogen (secondary N) is 1. The smallest absolute Gasteiger partial charge is 0.338 e. The fourth-order valence-corrected chi connectivity index (χ4v) is 4.65. The summed E-state index contributed by atoms with van der Waals surface area (Å²) in [5, 5.41) is 3.44. The Morgan fingerprint density at radius 2 is 1.61 bits per heavy atom. The van der Waals surface area contributed by atoms with Gasteiger partial charge in [0, 0.05) is 0 Å². The minimum absolute atomic E-state index is 0.266. The molecule has 0 spiro atoms. The van der Waals surface area contributed by atoms with E-state index in [1.807, 2.05) is 93.6 Å². The zero-order chi connectivity index (χ0) is 25.1. The van der Waals surface area contributed by atoms with Gasteiger partial charge in [-0.2, -0.15) is 0 Å². The molecule has 0 amide bonds. The Hall–Kier alpha value is -4.26. The molecule has 0 unspecified atom stereocenters. The van der Waals surface area contributed by atoms with Crippen molar-refractivity contribution in [2.45, 2.75) is 26.8 Å². The van der Waals surface area contributed by atoms with E-state index in [4.69, 9.17) is 19.2 Å². The molecule has 1 aliphatic rings. The Labute approximate surface area is 210 Å². The first-order valence-electron chi connectivity index (χ1n) is 12.3. The van der Waals surface area contributed by atoms with E-state index >= 15 is 0 Å². The first-order valence-corrected chi connectivity index (χ1v) is 12.3. The second-order valence-corrected chi connectivity index (χ2v) is 8.27. The second kappa shape index (κ2) is 10.2. The Bertz CT molecular complexity index is 1430. The highest BCUT2D eigenvalue weighted by atomic mass is 16.5. The van der Waals surface area contributed by atoms with E-state index in [9.17, 15) is 4.79 Å². The Morgan fingerprint density at radius 1 is 0.889 bits per heavy atom. The summed E-state index contributed by atoms with van der Waals surface area (Å²) in [6, 6.07) is 23.0. The number of nitrogens with zero attached hydrogens (tertiary/aromatic N) is 2. The number of anilines is 1. The van der Waals surface area contributed by atoms with Crippen molar-refractivity contribution < 1.29 is 19.0 Å². The topological polar surface area (TPSA) is 74.6 Å². The Morgan fingerprint density at radius 3 is 2.36 bits per heavy atom. The first kappa shape index (κ1) is 23.5. The molecule has 0 aliphatic carbocycles. The van der Waals surface area contributed by atoms with Crippen LogP contribution in [0.15, 0.2) is 78.4 Å². The monoisotopic (exact) mass is 483 g/mol. The van der Waals surface area contributed by atoms with Crippen LogP contribution in [0.1, 0.15) is 37.9 Å². The molecule has 2 heterocycles. The number of esters is 1. The zero-order valence-corrected chi connectivity index (χ0v) is 20.7. The second-order valence-electron chi connectivity index (χ2n) is 8.27. The maximum absolute atomic E-state index is 13.6. The summed E-state index contributed by atoms with van der Waals surface area (Å²) in [5.74, 6) is 1.56. The summed E-state index contributed by atoms with van der Waals surface area (Å²) in [7, 11) is 0. The van der Waals surface area contributed by atoms with Gasteiger partial charge in [-0.1, -0.05) is 48.5 Å². The van der Waals surface area contributed by atoms with Gasteiger partial charge in [0.2, 0.25) is 5.95 Å². The van der Waals surface area contributed by atoms with E-state index in [2.05, 4.69) is 9.88 Å². The van der Waals surface area contributed by atoms with Crippen molar-refractivity contribution in [1.82, 2.24) is 9.55 Å². The maximum Gasteiger partial charge on any atom is 0.338 e. The molecule has 0 saturated carbocycles. The quantitative estimate of drug-likeness (QED) is 0.318. The van der Waals surface area contributed by atoms with Crippen LogP contribution < -0.4 is 14.8 Å². The van der Waals surface area contributed by atoms with Gasteiger partial charge in [-0.25, -0.2) is 9.78 Å². The van der Waals surface area contributed by atoms with Gasteiger partial charge in [-0.15, -0.1) is 0 Å². The fourth-order valence-electron chi connectivity index (χ4n) is 4.65. The third kappa shape index (κ3) is 4.17. The molecular weight excluding hydrogens is 454 g/mol. The lowest BCUT2D eigenvalue weighted by atomic mass is 9.92. The molecule has 1 atom stereocenters. The Kier molecular flexibility index (Phi) is 6.62. The van der Waals surface area contributed by atoms with Gasteiger partial charge in [0.15, 0.2) is 11.5 Å². The highest BCUT2D eigenvalue weighted by molar-refractivity contribution is 6.03. The van der Waals surface area contributed by atoms with Crippen LogP contribution in [0.25, 0.3) is 16.7 Å². The van der Waals surface area contributed by atoms with Crippen LogP contribution in [0.4, 0.5) is 5.95 Å². The number of para-hydroxylation sites is 2. The van der Waals surface area contributed by atoms with Gasteiger partial charge in [-0.05, 0) is 56.2 Å². The summed E-state index contributed by atoms with van der Waals surface area (Å²) in [6.45, 7) is 6.97. The lowest BCUT2D eigenvalue weighted by molar-refractivity contribution is -0.138. The van der Waals surface area contributed by atoms with Crippen LogP contribution in [0.3, 0.4) is 0 Å². The molecule has 0 saturated heterocycles. The van der Waals surface area contributed by atoms with Crippen LogP contribution >= 0.6 is 0 Å². The first-order chi connectivity index (χ1) is 17.7. The van der Waals surface area contributed by atoms with Crippen molar-refractivity contribution in [3.63, 3.8) is 0 Å². The van der Waals surface area contributed by atoms with Crippen molar-refractivity contribution in [2.24, 2.45) is 0 Å². The molecule has 36 heavy (non-hydrogen) atoms. The van der Waals surface area contributed by atoms with Gasteiger partial charge in [-0.3, -0.25) is 4.57 Å².